The van der Waals surface area contributed by atoms with Crippen LogP contribution in [0.5, 0.6) is 0 Å². The number of benzene rings is 2. The topological polar surface area (TPSA) is 47.3 Å². The molecule has 2 aromatic rings. The molecule has 0 aromatic heterocycles. The Hall–Kier alpha value is -2.33. The number of hydrogen-bond donors (Lipinski definition) is 0. The monoisotopic (exact) mass is 437 g/mol. The number of fused-ring (bicyclic) bond motifs is 1. The predicted molar refractivity (Wildman–Crippen MR) is 92.0 cm³/mol. The second-order valence-corrected chi connectivity index (χ2v) is 8.79. The molecule has 4 nitrogen and oxygen atoms in total. The van der Waals surface area contributed by atoms with E-state index < -0.39 is 11.7 Å². The normalized spacial score (nSPS) is 22.7. The molecule has 0 spiro atoms. The molecule has 8 heteroatoms. The van der Waals surface area contributed by atoms with E-state index in [1.807, 2.05) is 17.1 Å². The Morgan fingerprint density at radius 2 is 1.59 bits per heavy atom. The molecule has 2 fully saturated rings. The fourth-order valence-electron chi connectivity index (χ4n) is 3.35. The molecular formula is C19H14F3N3OSe. The molecule has 2 atom stereocenters. The van der Waals surface area contributed by atoms with Crippen molar-refractivity contribution >= 4 is 20.9 Å². The van der Waals surface area contributed by atoms with Gasteiger partial charge in [-0.2, -0.15) is 0 Å². The van der Waals surface area contributed by atoms with Gasteiger partial charge in [-0.05, 0) is 0 Å². The molecule has 0 N–H and O–H groups in total. The summed E-state index contributed by atoms with van der Waals surface area (Å²) >= 11 is -0.0794. The summed E-state index contributed by atoms with van der Waals surface area (Å²) in [7, 11) is 0. The van der Waals surface area contributed by atoms with Crippen LogP contribution in [0.25, 0.3) is 0 Å². The molecule has 0 radical (unpaired) electrons. The van der Waals surface area contributed by atoms with Crippen molar-refractivity contribution in [3.8, 4) is 6.07 Å². The fraction of sp³-hybridized carbons (Fsp3) is 0.263. The van der Waals surface area contributed by atoms with Crippen molar-refractivity contribution in [1.82, 2.24) is 10.0 Å². The van der Waals surface area contributed by atoms with Gasteiger partial charge in [0.05, 0.1) is 0 Å². The summed E-state index contributed by atoms with van der Waals surface area (Å²) in [4.78, 5) is 12.2. The molecule has 1 amide bonds. The first-order valence-electron chi connectivity index (χ1n) is 8.30. The average molecular weight is 436 g/mol. The van der Waals surface area contributed by atoms with Gasteiger partial charge < -0.3 is 0 Å². The van der Waals surface area contributed by atoms with Crippen LogP contribution in [0.1, 0.15) is 38.6 Å². The molecule has 0 saturated carbocycles. The molecule has 2 aromatic carbocycles. The van der Waals surface area contributed by atoms with Crippen LogP contribution in [0, 0.1) is 11.3 Å². The molecular weight excluding hydrogens is 422 g/mol. The summed E-state index contributed by atoms with van der Waals surface area (Å²) in [5, 5.41) is 12.7. The standard InChI is InChI=1S/C19H14F3N3OSe/c20-19(21,22)15-7-5-13(6-8-15)17-24-10-9-16(26)25(24)18(27-17)14-3-1-12(11-23)2-4-14/h1-8,17-18H,9-10H2/t17-,18-/m1/s1. The SMILES string of the molecule is N#Cc1ccc([C@H]2[Se][C@H](c3ccc(C(F)(F)F)cc3)N3CCC(=O)N23)cc1. The van der Waals surface area contributed by atoms with E-state index in [-0.39, 0.29) is 30.7 Å². The molecule has 0 unspecified atom stereocenters. The third-order valence-corrected chi connectivity index (χ3v) is 7.84. The number of hydrazine groups is 1. The third-order valence-electron chi connectivity index (χ3n) is 4.69. The van der Waals surface area contributed by atoms with Crippen molar-refractivity contribution in [2.24, 2.45) is 0 Å². The number of rotatable bonds is 2. The van der Waals surface area contributed by atoms with Gasteiger partial charge in [-0.1, -0.05) is 0 Å². The number of amides is 1. The van der Waals surface area contributed by atoms with Gasteiger partial charge in [0.1, 0.15) is 0 Å². The molecule has 2 aliphatic rings. The summed E-state index contributed by atoms with van der Waals surface area (Å²) in [5.41, 5.74) is 1.62. The summed E-state index contributed by atoms with van der Waals surface area (Å²) < 4.78 is 38.5. The second-order valence-electron chi connectivity index (χ2n) is 6.35. The first kappa shape index (κ1) is 18.1. The Morgan fingerprint density at radius 1 is 1.00 bits per heavy atom. The first-order chi connectivity index (χ1) is 12.9. The van der Waals surface area contributed by atoms with E-state index >= 15 is 0 Å². The number of nitrogens with zero attached hydrogens (tertiary/aromatic N) is 3. The molecule has 2 saturated heterocycles. The summed E-state index contributed by atoms with van der Waals surface area (Å²) in [6.45, 7) is 0.569. The van der Waals surface area contributed by atoms with Gasteiger partial charge in [0.25, 0.3) is 0 Å². The van der Waals surface area contributed by atoms with Gasteiger partial charge >= 0.3 is 160 Å². The van der Waals surface area contributed by atoms with Gasteiger partial charge in [-0.25, -0.2) is 0 Å². The molecule has 2 aliphatic heterocycles. The number of carbonyl (C=O) groups is 1. The van der Waals surface area contributed by atoms with Crippen molar-refractivity contribution in [2.45, 2.75) is 22.5 Å². The van der Waals surface area contributed by atoms with Crippen LogP contribution in [0.4, 0.5) is 13.2 Å². The van der Waals surface area contributed by atoms with Crippen molar-refractivity contribution < 1.29 is 18.0 Å². The number of carbonyl (C=O) groups excluding carboxylic acids is 1. The van der Waals surface area contributed by atoms with Crippen molar-refractivity contribution in [1.29, 1.82) is 5.26 Å². The number of alkyl halides is 3. The molecule has 0 aliphatic carbocycles. The van der Waals surface area contributed by atoms with E-state index in [4.69, 9.17) is 5.26 Å². The van der Waals surface area contributed by atoms with Crippen LogP contribution in [0.2, 0.25) is 0 Å². The number of hydrogen-bond acceptors (Lipinski definition) is 3. The van der Waals surface area contributed by atoms with E-state index in [2.05, 4.69) is 6.07 Å². The predicted octanol–water partition coefficient (Wildman–Crippen LogP) is 3.44. The summed E-state index contributed by atoms with van der Waals surface area (Å²) in [6.07, 6.45) is -3.96. The molecule has 138 valence electrons. The fourth-order valence-corrected chi connectivity index (χ4v) is 6.65. The molecule has 27 heavy (non-hydrogen) atoms. The zero-order valence-corrected chi connectivity index (χ0v) is 15.7. The quantitative estimate of drug-likeness (QED) is 0.678. The van der Waals surface area contributed by atoms with Gasteiger partial charge in [-0.15, -0.1) is 0 Å². The van der Waals surface area contributed by atoms with E-state index in [1.165, 1.54) is 12.1 Å². The van der Waals surface area contributed by atoms with Gasteiger partial charge in [-0.3, -0.25) is 0 Å². The van der Waals surface area contributed by atoms with Crippen LogP contribution < -0.4 is 0 Å². The Balaban J connectivity index is 1.65. The van der Waals surface area contributed by atoms with Crippen LogP contribution in [0.3, 0.4) is 0 Å². The minimum absolute atomic E-state index is 0.0284. The Kier molecular flexibility index (Phi) is 4.47. The Labute approximate surface area is 160 Å². The van der Waals surface area contributed by atoms with Gasteiger partial charge in [0.2, 0.25) is 0 Å². The Morgan fingerprint density at radius 3 is 2.19 bits per heavy atom. The molecule has 2 heterocycles. The van der Waals surface area contributed by atoms with Gasteiger partial charge in [0, 0.05) is 0 Å². The van der Waals surface area contributed by atoms with Crippen molar-refractivity contribution in [2.75, 3.05) is 6.54 Å². The van der Waals surface area contributed by atoms with E-state index in [9.17, 15) is 18.0 Å². The van der Waals surface area contributed by atoms with Crippen LogP contribution in [-0.2, 0) is 11.0 Å². The maximum absolute atomic E-state index is 12.8. The first-order valence-corrected chi connectivity index (χ1v) is 10.3. The van der Waals surface area contributed by atoms with E-state index in [1.54, 1.807) is 17.1 Å². The average Bonchev–Trinajstić information content (AvgIpc) is 3.22. The van der Waals surface area contributed by atoms with E-state index in [0.29, 0.717) is 18.5 Å². The van der Waals surface area contributed by atoms with Crippen LogP contribution in [0.15, 0.2) is 48.5 Å². The minimum atomic E-state index is -4.36. The van der Waals surface area contributed by atoms with Crippen LogP contribution >= 0.6 is 0 Å². The van der Waals surface area contributed by atoms with Crippen molar-refractivity contribution in [3.05, 3.63) is 70.8 Å². The Bertz CT molecular complexity index is 906. The van der Waals surface area contributed by atoms with Crippen molar-refractivity contribution in [3.63, 3.8) is 0 Å². The van der Waals surface area contributed by atoms with Gasteiger partial charge in [0.15, 0.2) is 0 Å². The van der Waals surface area contributed by atoms with E-state index in [0.717, 1.165) is 23.3 Å². The maximum atomic E-state index is 12.8. The second kappa shape index (κ2) is 6.68. The molecule has 0 bridgehead atoms. The number of halogens is 3. The third kappa shape index (κ3) is 3.23. The number of nitriles is 1. The zero-order valence-electron chi connectivity index (χ0n) is 14.0. The summed E-state index contributed by atoms with van der Waals surface area (Å²) in [5.74, 6) is 0.0284. The zero-order chi connectivity index (χ0) is 19.2. The summed E-state index contributed by atoms with van der Waals surface area (Å²) in [6, 6.07) is 14.4. The molecule has 4 rings (SSSR count). The van der Waals surface area contributed by atoms with Crippen LogP contribution in [-0.4, -0.2) is 37.4 Å².